The summed E-state index contributed by atoms with van der Waals surface area (Å²) >= 11 is 1.42. The fourth-order valence-corrected chi connectivity index (χ4v) is 4.41. The van der Waals surface area contributed by atoms with Crippen LogP contribution in [0.2, 0.25) is 0 Å². The average molecular weight is 292 g/mol. The maximum absolute atomic E-state index is 11.6. The standard InChI is InChI=1S/C10H20N4O2S2/c1-3-6-18(15,16)7-5-17-10-13-12-9(8-11)14(10)4-2/h3-8,11H2,1-2H3. The zero-order chi connectivity index (χ0) is 13.6. The second-order valence-electron chi connectivity index (χ2n) is 3.85. The highest BCUT2D eigenvalue weighted by Crippen LogP contribution is 2.17. The van der Waals surface area contributed by atoms with Crippen LogP contribution >= 0.6 is 11.8 Å². The normalized spacial score (nSPS) is 11.9. The van der Waals surface area contributed by atoms with Gasteiger partial charge in [0, 0.05) is 18.1 Å². The second-order valence-corrected chi connectivity index (χ2v) is 7.21. The number of aromatic nitrogens is 3. The van der Waals surface area contributed by atoms with Crippen LogP contribution in [-0.2, 0) is 22.9 Å². The summed E-state index contributed by atoms with van der Waals surface area (Å²) in [6.07, 6.45) is 0.662. The largest absolute Gasteiger partial charge is 0.324 e. The molecule has 8 heteroatoms. The summed E-state index contributed by atoms with van der Waals surface area (Å²) in [5.41, 5.74) is 5.55. The van der Waals surface area contributed by atoms with Gasteiger partial charge >= 0.3 is 0 Å². The number of rotatable bonds is 8. The maximum Gasteiger partial charge on any atom is 0.191 e. The van der Waals surface area contributed by atoms with Crippen LogP contribution in [-0.4, -0.2) is 40.4 Å². The van der Waals surface area contributed by atoms with Crippen LogP contribution in [0.15, 0.2) is 5.16 Å². The zero-order valence-corrected chi connectivity index (χ0v) is 12.4. The smallest absolute Gasteiger partial charge is 0.191 e. The average Bonchev–Trinajstić information content (AvgIpc) is 2.70. The van der Waals surface area contributed by atoms with E-state index in [1.165, 1.54) is 11.8 Å². The predicted molar refractivity (Wildman–Crippen MR) is 73.3 cm³/mol. The third kappa shape index (κ3) is 4.25. The number of thioether (sulfide) groups is 1. The van der Waals surface area contributed by atoms with Gasteiger partial charge in [0.1, 0.15) is 5.82 Å². The molecular weight excluding hydrogens is 272 g/mol. The van der Waals surface area contributed by atoms with E-state index in [-0.39, 0.29) is 11.5 Å². The Bertz CT molecular complexity index is 470. The first-order chi connectivity index (χ1) is 8.54. The fourth-order valence-electron chi connectivity index (χ4n) is 1.57. The molecule has 0 amide bonds. The van der Waals surface area contributed by atoms with Gasteiger partial charge in [0.05, 0.1) is 12.3 Å². The number of hydrogen-bond acceptors (Lipinski definition) is 6. The van der Waals surface area contributed by atoms with Gasteiger partial charge in [-0.15, -0.1) is 10.2 Å². The lowest BCUT2D eigenvalue weighted by Gasteiger charge is -2.06. The van der Waals surface area contributed by atoms with E-state index in [1.807, 2.05) is 18.4 Å². The van der Waals surface area contributed by atoms with E-state index >= 15 is 0 Å². The molecule has 2 N–H and O–H groups in total. The molecular formula is C10H20N4O2S2. The van der Waals surface area contributed by atoms with Crippen LogP contribution < -0.4 is 5.73 Å². The zero-order valence-electron chi connectivity index (χ0n) is 10.8. The topological polar surface area (TPSA) is 90.9 Å². The molecule has 0 fully saturated rings. The van der Waals surface area contributed by atoms with E-state index in [4.69, 9.17) is 5.73 Å². The molecule has 0 saturated carbocycles. The van der Waals surface area contributed by atoms with Crippen LogP contribution in [0.25, 0.3) is 0 Å². The summed E-state index contributed by atoms with van der Waals surface area (Å²) < 4.78 is 25.0. The molecule has 0 atom stereocenters. The van der Waals surface area contributed by atoms with Gasteiger partial charge in [0.2, 0.25) is 0 Å². The van der Waals surface area contributed by atoms with Crippen LogP contribution in [0.4, 0.5) is 0 Å². The van der Waals surface area contributed by atoms with Crippen molar-refractivity contribution in [1.29, 1.82) is 0 Å². The van der Waals surface area contributed by atoms with Crippen molar-refractivity contribution in [2.45, 2.75) is 38.5 Å². The second kappa shape index (κ2) is 7.10. The molecule has 0 aromatic carbocycles. The van der Waals surface area contributed by atoms with Crippen LogP contribution in [0.1, 0.15) is 26.1 Å². The highest BCUT2D eigenvalue weighted by Gasteiger charge is 2.13. The van der Waals surface area contributed by atoms with E-state index in [0.29, 0.717) is 18.7 Å². The van der Waals surface area contributed by atoms with Crippen LogP contribution in [0.5, 0.6) is 0 Å². The SMILES string of the molecule is CCCS(=O)(=O)CCSc1nnc(CN)n1CC. The number of nitrogens with zero attached hydrogens (tertiary/aromatic N) is 3. The van der Waals surface area contributed by atoms with E-state index in [1.54, 1.807) is 0 Å². The molecule has 1 aromatic rings. The molecule has 6 nitrogen and oxygen atoms in total. The van der Waals surface area contributed by atoms with Crippen molar-refractivity contribution in [3.63, 3.8) is 0 Å². The van der Waals surface area contributed by atoms with Gasteiger partial charge in [-0.2, -0.15) is 0 Å². The number of sulfone groups is 1. The van der Waals surface area contributed by atoms with Crippen molar-refractivity contribution in [3.05, 3.63) is 5.82 Å². The first kappa shape index (κ1) is 15.5. The van der Waals surface area contributed by atoms with Crippen molar-refractivity contribution in [1.82, 2.24) is 14.8 Å². The molecule has 0 bridgehead atoms. The lowest BCUT2D eigenvalue weighted by molar-refractivity contribution is 0.596. The van der Waals surface area contributed by atoms with E-state index in [2.05, 4.69) is 10.2 Å². The summed E-state index contributed by atoms with van der Waals surface area (Å²) in [6.45, 7) is 4.94. The summed E-state index contributed by atoms with van der Waals surface area (Å²) in [6, 6.07) is 0. The molecule has 0 aliphatic rings. The van der Waals surface area contributed by atoms with Gasteiger partial charge in [-0.05, 0) is 13.3 Å². The fraction of sp³-hybridized carbons (Fsp3) is 0.800. The maximum atomic E-state index is 11.6. The number of nitrogens with two attached hydrogens (primary N) is 1. The minimum absolute atomic E-state index is 0.181. The molecule has 0 saturated heterocycles. The highest BCUT2D eigenvalue weighted by atomic mass is 32.2. The Morgan fingerprint density at radius 1 is 1.28 bits per heavy atom. The molecule has 0 spiro atoms. The third-order valence-corrected chi connectivity index (χ3v) is 5.52. The van der Waals surface area contributed by atoms with E-state index in [9.17, 15) is 8.42 Å². The quantitative estimate of drug-likeness (QED) is 0.708. The number of hydrogen-bond donors (Lipinski definition) is 1. The molecule has 0 unspecified atom stereocenters. The summed E-state index contributed by atoms with van der Waals surface area (Å²) in [5.74, 6) is 1.67. The highest BCUT2D eigenvalue weighted by molar-refractivity contribution is 8.00. The molecule has 1 aromatic heterocycles. The Morgan fingerprint density at radius 2 is 2.00 bits per heavy atom. The molecule has 0 radical (unpaired) electrons. The Morgan fingerprint density at radius 3 is 2.56 bits per heavy atom. The molecule has 0 aliphatic heterocycles. The van der Waals surface area contributed by atoms with Gasteiger partial charge < -0.3 is 10.3 Å². The Labute approximate surface area is 112 Å². The Hall–Kier alpha value is -0.600. The summed E-state index contributed by atoms with van der Waals surface area (Å²) in [4.78, 5) is 0. The van der Waals surface area contributed by atoms with Crippen molar-refractivity contribution in [3.8, 4) is 0 Å². The van der Waals surface area contributed by atoms with E-state index in [0.717, 1.165) is 17.5 Å². The van der Waals surface area contributed by atoms with Gasteiger partial charge in [0.15, 0.2) is 15.0 Å². The first-order valence-corrected chi connectivity index (χ1v) is 8.80. The summed E-state index contributed by atoms with van der Waals surface area (Å²) in [5, 5.41) is 8.74. The predicted octanol–water partition coefficient (Wildman–Crippen LogP) is 0.674. The molecule has 104 valence electrons. The van der Waals surface area contributed by atoms with Gasteiger partial charge in [-0.3, -0.25) is 0 Å². The monoisotopic (exact) mass is 292 g/mol. The lowest BCUT2D eigenvalue weighted by Crippen LogP contribution is -2.13. The van der Waals surface area contributed by atoms with Gasteiger partial charge in [-0.25, -0.2) is 8.42 Å². The molecule has 1 rings (SSSR count). The van der Waals surface area contributed by atoms with Crippen molar-refractivity contribution in [2.24, 2.45) is 5.73 Å². The minimum Gasteiger partial charge on any atom is -0.324 e. The third-order valence-electron chi connectivity index (χ3n) is 2.43. The minimum atomic E-state index is -2.92. The Balaban J connectivity index is 2.56. The van der Waals surface area contributed by atoms with Gasteiger partial charge in [-0.1, -0.05) is 18.7 Å². The molecule has 1 heterocycles. The van der Waals surface area contributed by atoms with E-state index < -0.39 is 9.84 Å². The Kier molecular flexibility index (Phi) is 6.10. The lowest BCUT2D eigenvalue weighted by atomic mass is 10.6. The van der Waals surface area contributed by atoms with Crippen molar-refractivity contribution >= 4 is 21.6 Å². The van der Waals surface area contributed by atoms with Gasteiger partial charge in [0.25, 0.3) is 0 Å². The molecule has 0 aliphatic carbocycles. The first-order valence-electron chi connectivity index (χ1n) is 5.99. The van der Waals surface area contributed by atoms with Crippen molar-refractivity contribution < 1.29 is 8.42 Å². The molecule has 18 heavy (non-hydrogen) atoms. The van der Waals surface area contributed by atoms with Crippen molar-refractivity contribution in [2.75, 3.05) is 17.3 Å². The van der Waals surface area contributed by atoms with Crippen LogP contribution in [0, 0.1) is 0 Å². The van der Waals surface area contributed by atoms with Crippen LogP contribution in [0.3, 0.4) is 0 Å². The summed E-state index contributed by atoms with van der Waals surface area (Å²) in [7, 11) is -2.92.